The van der Waals surface area contributed by atoms with E-state index in [-0.39, 0.29) is 31.5 Å². The van der Waals surface area contributed by atoms with Gasteiger partial charge in [-0.3, -0.25) is 19.2 Å². The van der Waals surface area contributed by atoms with E-state index in [0.29, 0.717) is 23.6 Å². The standard InChI is InChI=1S/C34H46ClN5O7/c1-5-36-30(43)27(41)24(15-20-13-14-20)37-29(42)26-18-34(17-25(39-47-34)21-9-8-10-22(35)16-21)19-40(26)31(44)28(33(2,3)4)38-32(45)46-23-11-6-7-12-23/h8-10,16,20,23-24,26,28H,5-7,11-15,17-19H2,1-4H3,(H,36,43)(H,37,42)(H,38,45)/t24-,26-,28+,34+/m0/s1. The minimum absolute atomic E-state index is 0.0149. The fourth-order valence-corrected chi connectivity index (χ4v) is 6.86. The number of benzene rings is 1. The molecule has 4 amide bonds. The molecule has 2 aliphatic heterocycles. The number of hydrogen-bond acceptors (Lipinski definition) is 8. The van der Waals surface area contributed by atoms with E-state index in [1.165, 1.54) is 4.90 Å². The minimum Gasteiger partial charge on any atom is -0.446 e. The number of ether oxygens (including phenoxy) is 1. The smallest absolute Gasteiger partial charge is 0.408 e. The summed E-state index contributed by atoms with van der Waals surface area (Å²) in [6.07, 6.45) is 5.22. The SMILES string of the molecule is CCNC(=O)C(=O)[C@H](CC1CC1)NC(=O)[C@@H]1C[C@]2(CC(c3cccc(Cl)c3)=NO2)CN1C(=O)[C@@H](NC(=O)OC1CCCC1)C(C)(C)C. The third-order valence-electron chi connectivity index (χ3n) is 9.39. The number of hydrogen-bond donors (Lipinski definition) is 3. The highest BCUT2D eigenvalue weighted by Crippen LogP contribution is 2.40. The number of ketones is 1. The van der Waals surface area contributed by atoms with Gasteiger partial charge in [0.2, 0.25) is 17.6 Å². The molecule has 2 aliphatic carbocycles. The molecule has 1 spiro atoms. The van der Waals surface area contributed by atoms with Gasteiger partial charge >= 0.3 is 6.09 Å². The van der Waals surface area contributed by atoms with Gasteiger partial charge in [-0.05, 0) is 62.5 Å². The van der Waals surface area contributed by atoms with E-state index in [0.717, 1.165) is 44.1 Å². The maximum atomic E-state index is 14.5. The van der Waals surface area contributed by atoms with Crippen molar-refractivity contribution in [3.05, 3.63) is 34.9 Å². The number of nitrogens with zero attached hydrogens (tertiary/aromatic N) is 2. The molecule has 1 aromatic rings. The molecule has 4 atom stereocenters. The highest BCUT2D eigenvalue weighted by molar-refractivity contribution is 6.38. The Morgan fingerprint density at radius 1 is 1.11 bits per heavy atom. The van der Waals surface area contributed by atoms with Crippen molar-refractivity contribution in [2.45, 2.75) is 115 Å². The molecule has 0 aromatic heterocycles. The van der Waals surface area contributed by atoms with Crippen LogP contribution in [-0.2, 0) is 28.8 Å². The van der Waals surface area contributed by atoms with E-state index in [9.17, 15) is 24.0 Å². The number of alkyl carbamates (subject to hydrolysis) is 1. The second kappa shape index (κ2) is 14.2. The van der Waals surface area contributed by atoms with Gasteiger partial charge in [-0.2, -0.15) is 0 Å². The van der Waals surface area contributed by atoms with Gasteiger partial charge in [0.1, 0.15) is 18.2 Å². The molecule has 1 aromatic carbocycles. The summed E-state index contributed by atoms with van der Waals surface area (Å²) in [5, 5.41) is 13.0. The molecule has 3 fully saturated rings. The summed E-state index contributed by atoms with van der Waals surface area (Å²) in [5.41, 5.74) is -0.382. The first kappa shape index (κ1) is 34.7. The summed E-state index contributed by atoms with van der Waals surface area (Å²) in [5.74, 6) is -2.29. The first-order chi connectivity index (χ1) is 22.3. The van der Waals surface area contributed by atoms with E-state index in [2.05, 4.69) is 21.1 Å². The lowest BCUT2D eigenvalue weighted by molar-refractivity contribution is -0.144. The zero-order valence-corrected chi connectivity index (χ0v) is 28.4. The average Bonchev–Trinajstić information content (AvgIpc) is 3.37. The molecule has 256 valence electrons. The molecule has 4 aliphatic rings. The van der Waals surface area contributed by atoms with Gasteiger partial charge in [0.25, 0.3) is 5.91 Å². The van der Waals surface area contributed by atoms with Crippen molar-refractivity contribution in [1.82, 2.24) is 20.9 Å². The first-order valence-corrected chi connectivity index (χ1v) is 17.1. The molecule has 13 heteroatoms. The number of oxime groups is 1. The lowest BCUT2D eigenvalue weighted by Crippen LogP contribution is -2.59. The second-order valence-corrected chi connectivity index (χ2v) is 14.8. The van der Waals surface area contributed by atoms with Crippen LogP contribution in [0.15, 0.2) is 29.4 Å². The molecule has 12 nitrogen and oxygen atoms in total. The zero-order valence-electron chi connectivity index (χ0n) is 27.6. The van der Waals surface area contributed by atoms with E-state index in [1.807, 2.05) is 32.9 Å². The number of likely N-dealkylation sites (N-methyl/N-ethyl adjacent to an activating group) is 1. The quantitative estimate of drug-likeness (QED) is 0.302. The summed E-state index contributed by atoms with van der Waals surface area (Å²) in [6, 6.07) is 4.08. The van der Waals surface area contributed by atoms with Gasteiger partial charge in [-0.25, -0.2) is 4.79 Å². The van der Waals surface area contributed by atoms with Crippen LogP contribution in [0, 0.1) is 11.3 Å². The molecular formula is C34H46ClN5O7. The fourth-order valence-electron chi connectivity index (χ4n) is 6.67. The summed E-state index contributed by atoms with van der Waals surface area (Å²) >= 11 is 6.23. The van der Waals surface area contributed by atoms with Gasteiger partial charge in [-0.1, -0.05) is 62.5 Å². The number of rotatable bonds is 11. The van der Waals surface area contributed by atoms with Crippen molar-refractivity contribution >= 4 is 46.9 Å². The van der Waals surface area contributed by atoms with Crippen LogP contribution in [0.25, 0.3) is 0 Å². The van der Waals surface area contributed by atoms with Crippen molar-refractivity contribution in [3.8, 4) is 0 Å². The van der Waals surface area contributed by atoms with Crippen LogP contribution in [0.1, 0.15) is 91.0 Å². The van der Waals surface area contributed by atoms with Crippen LogP contribution in [0.5, 0.6) is 0 Å². The monoisotopic (exact) mass is 671 g/mol. The first-order valence-electron chi connectivity index (χ1n) is 16.7. The normalized spacial score (nSPS) is 23.9. The predicted molar refractivity (Wildman–Crippen MR) is 175 cm³/mol. The summed E-state index contributed by atoms with van der Waals surface area (Å²) in [7, 11) is 0. The Hall–Kier alpha value is -3.67. The third kappa shape index (κ3) is 8.44. The van der Waals surface area contributed by atoms with Crippen LogP contribution in [0.4, 0.5) is 4.79 Å². The third-order valence-corrected chi connectivity index (χ3v) is 9.63. The predicted octanol–water partition coefficient (Wildman–Crippen LogP) is 3.88. The van der Waals surface area contributed by atoms with Gasteiger partial charge in [0.15, 0.2) is 5.60 Å². The van der Waals surface area contributed by atoms with Gasteiger partial charge < -0.3 is 30.4 Å². The molecule has 1 saturated heterocycles. The lowest BCUT2D eigenvalue weighted by atomic mass is 9.85. The second-order valence-electron chi connectivity index (χ2n) is 14.4. The number of nitrogens with one attached hydrogen (secondary N) is 3. The van der Waals surface area contributed by atoms with E-state index >= 15 is 0 Å². The van der Waals surface area contributed by atoms with E-state index in [4.69, 9.17) is 21.2 Å². The Morgan fingerprint density at radius 2 is 1.83 bits per heavy atom. The summed E-state index contributed by atoms with van der Waals surface area (Å²) in [4.78, 5) is 74.6. The Kier molecular flexibility index (Phi) is 10.5. The van der Waals surface area contributed by atoms with Crippen molar-refractivity contribution in [2.75, 3.05) is 13.1 Å². The van der Waals surface area contributed by atoms with Crippen molar-refractivity contribution in [1.29, 1.82) is 0 Å². The van der Waals surface area contributed by atoms with Crippen LogP contribution >= 0.6 is 11.6 Å². The number of carbonyl (C=O) groups excluding carboxylic acids is 5. The maximum absolute atomic E-state index is 14.5. The Bertz CT molecular complexity index is 1420. The average molecular weight is 672 g/mol. The molecule has 2 heterocycles. The largest absolute Gasteiger partial charge is 0.446 e. The zero-order chi connectivity index (χ0) is 33.9. The molecular weight excluding hydrogens is 626 g/mol. The van der Waals surface area contributed by atoms with E-state index in [1.54, 1.807) is 19.1 Å². The number of Topliss-reactive ketones (excluding diaryl/α,β-unsaturated/α-hetero) is 1. The number of halogens is 1. The van der Waals surface area contributed by atoms with Crippen molar-refractivity contribution in [3.63, 3.8) is 0 Å². The molecule has 0 bridgehead atoms. The van der Waals surface area contributed by atoms with Gasteiger partial charge in [-0.15, -0.1) is 0 Å². The van der Waals surface area contributed by atoms with Gasteiger partial charge in [0.05, 0.1) is 18.3 Å². The highest BCUT2D eigenvalue weighted by Gasteiger charge is 2.56. The molecule has 2 saturated carbocycles. The highest BCUT2D eigenvalue weighted by atomic mass is 35.5. The van der Waals surface area contributed by atoms with Crippen molar-refractivity contribution < 1.29 is 33.5 Å². The van der Waals surface area contributed by atoms with Crippen LogP contribution in [0.3, 0.4) is 0 Å². The Morgan fingerprint density at radius 3 is 2.47 bits per heavy atom. The summed E-state index contributed by atoms with van der Waals surface area (Å²) in [6.45, 7) is 7.49. The number of amides is 4. The Balaban J connectivity index is 1.40. The van der Waals surface area contributed by atoms with Crippen LogP contribution < -0.4 is 16.0 Å². The van der Waals surface area contributed by atoms with E-state index < -0.39 is 58.7 Å². The van der Waals surface area contributed by atoms with Crippen molar-refractivity contribution in [2.24, 2.45) is 16.5 Å². The summed E-state index contributed by atoms with van der Waals surface area (Å²) < 4.78 is 5.62. The van der Waals surface area contributed by atoms with Crippen LogP contribution in [0.2, 0.25) is 5.02 Å². The minimum atomic E-state index is -1.06. The maximum Gasteiger partial charge on any atom is 0.408 e. The topological polar surface area (TPSA) is 156 Å². The lowest BCUT2D eigenvalue weighted by Gasteiger charge is -2.35. The molecule has 5 rings (SSSR count). The molecule has 47 heavy (non-hydrogen) atoms. The molecule has 0 unspecified atom stereocenters. The Labute approximate surface area is 280 Å². The number of likely N-dealkylation sites (tertiary alicyclic amines) is 1. The fraction of sp³-hybridized carbons (Fsp3) is 0.647. The van der Waals surface area contributed by atoms with Crippen LogP contribution in [-0.4, -0.2) is 83.1 Å². The molecule has 3 N–H and O–H groups in total. The number of carbonyl (C=O) groups is 5. The van der Waals surface area contributed by atoms with Gasteiger partial charge in [0, 0.05) is 30.0 Å². The molecule has 0 radical (unpaired) electrons.